The smallest absolute Gasteiger partial charge is 0.306 e. The number of carbonyl (C=O) groups excluding carboxylic acids is 12. The van der Waals surface area contributed by atoms with Crippen molar-refractivity contribution in [1.29, 1.82) is 0 Å². The summed E-state index contributed by atoms with van der Waals surface area (Å²) in [5, 5.41) is 44.4. The summed E-state index contributed by atoms with van der Waals surface area (Å²) in [5.41, 5.74) is 2.42. The molecular weight excluding hydrogens is 1550 g/mol. The number of nitro groups is 1. The van der Waals surface area contributed by atoms with Crippen LogP contribution >= 0.6 is 0 Å². The highest BCUT2D eigenvalue weighted by atomic mass is 16.6. The Morgan fingerprint density at radius 1 is 0.369 bits per heavy atom. The van der Waals surface area contributed by atoms with Crippen LogP contribution in [0.4, 0.5) is 22.7 Å². The van der Waals surface area contributed by atoms with Gasteiger partial charge in [-0.15, -0.1) is 0 Å². The Morgan fingerprint density at radius 3 is 0.918 bits per heavy atom. The van der Waals surface area contributed by atoms with Gasteiger partial charge in [0.1, 0.15) is 6.61 Å². The van der Waals surface area contributed by atoms with Gasteiger partial charge in [0.2, 0.25) is 5.91 Å². The molecule has 0 radical (unpaired) electrons. The van der Waals surface area contributed by atoms with E-state index in [0.717, 1.165) is 31.4 Å². The van der Waals surface area contributed by atoms with Crippen molar-refractivity contribution < 1.29 is 67.2 Å². The SMILES string of the molecule is CCN(CCOC(=O)CCC(=O)N1C[C@@H](C(=O)c2cc(C(=O)N[C@@H]3CCCC[C@H]3NC(=O)c3ccccc3)cc(C(=O)N[C@@H]3CCCC[C@H]3NC(=O)c3ccccc3)c2)[C@H](C(=O)c2cc(C(=O)N[C@@H]3CCCC[C@H]3NC(=O)c3ccccc3)cc(C(=O)N[C@@H]3CCCC[C@H]3NC(=O)c3ccccc3)c2)C1)c1ccc(N=Nc2ccc([N+](=O)[O-])cc2)cc1. The lowest BCUT2D eigenvalue weighted by molar-refractivity contribution is -0.384. The number of hydrogen-bond donors (Lipinski definition) is 8. The van der Waals surface area contributed by atoms with Gasteiger partial charge in [-0.1, -0.05) is 124 Å². The second kappa shape index (κ2) is 41.5. The van der Waals surface area contributed by atoms with Crippen molar-refractivity contribution in [3.8, 4) is 0 Å². The average Bonchev–Trinajstić information content (AvgIpc) is 1.51. The van der Waals surface area contributed by atoms with Crippen LogP contribution in [-0.4, -0.2) is 162 Å². The van der Waals surface area contributed by atoms with Crippen LogP contribution in [0.25, 0.3) is 0 Å². The van der Waals surface area contributed by atoms with Gasteiger partial charge < -0.3 is 57.1 Å². The van der Waals surface area contributed by atoms with E-state index < -0.39 is 138 Å². The van der Waals surface area contributed by atoms with Gasteiger partial charge >= 0.3 is 5.97 Å². The highest BCUT2D eigenvalue weighted by Gasteiger charge is 2.45. The van der Waals surface area contributed by atoms with Crippen molar-refractivity contribution in [3.63, 3.8) is 0 Å². The third kappa shape index (κ3) is 22.7. The van der Waals surface area contributed by atoms with Crippen LogP contribution < -0.4 is 47.4 Å². The highest BCUT2D eigenvalue weighted by molar-refractivity contribution is 6.11. The molecule has 8 N–H and O–H groups in total. The molecule has 5 aliphatic rings. The molecule has 0 spiro atoms. The minimum atomic E-state index is -1.46. The topological polar surface area (TPSA) is 385 Å². The Kier molecular flexibility index (Phi) is 29.4. The maximum Gasteiger partial charge on any atom is 0.306 e. The highest BCUT2D eigenvalue weighted by Crippen LogP contribution is 2.35. The largest absolute Gasteiger partial charge is 0.464 e. The number of likely N-dealkylation sites (N-methyl/N-ethyl adjacent to an activating group) is 1. The number of anilines is 1. The fourth-order valence-electron chi connectivity index (χ4n) is 17.0. The Labute approximate surface area is 707 Å². The molecule has 1 saturated heterocycles. The minimum absolute atomic E-state index is 0.0768. The lowest BCUT2D eigenvalue weighted by atomic mass is 9.82. The van der Waals surface area contributed by atoms with E-state index in [-0.39, 0.29) is 75.8 Å². The summed E-state index contributed by atoms with van der Waals surface area (Å²) < 4.78 is 5.72. The molecule has 8 aromatic rings. The van der Waals surface area contributed by atoms with Gasteiger partial charge in [0.25, 0.3) is 52.9 Å². The molecule has 4 saturated carbocycles. The van der Waals surface area contributed by atoms with Crippen LogP contribution in [-0.2, 0) is 14.3 Å². The first-order valence-electron chi connectivity index (χ1n) is 42.2. The zero-order chi connectivity index (χ0) is 85.6. The summed E-state index contributed by atoms with van der Waals surface area (Å²) in [5.74, 6) is -9.95. The normalized spacial score (nSPS) is 20.6. The molecule has 122 heavy (non-hydrogen) atoms. The molecule has 632 valence electrons. The van der Waals surface area contributed by atoms with Gasteiger partial charge in [-0.25, -0.2) is 0 Å². The third-order valence-electron chi connectivity index (χ3n) is 23.7. The number of esters is 1. The maximum absolute atomic E-state index is 16.2. The van der Waals surface area contributed by atoms with Crippen LogP contribution in [0.2, 0.25) is 0 Å². The summed E-state index contributed by atoms with van der Waals surface area (Å²) in [4.78, 5) is 190. The van der Waals surface area contributed by atoms with Crippen molar-refractivity contribution >= 4 is 93.4 Å². The van der Waals surface area contributed by atoms with Gasteiger partial charge in [0.15, 0.2) is 11.6 Å². The molecule has 1 aliphatic heterocycles. The fraction of sp³-hybridized carbons (Fsp3) is 0.362. The summed E-state index contributed by atoms with van der Waals surface area (Å²) in [6.45, 7) is 1.75. The molecular formula is C94H101N13O15. The van der Waals surface area contributed by atoms with Gasteiger partial charge in [-0.3, -0.25) is 67.6 Å². The first-order valence-corrected chi connectivity index (χ1v) is 42.2. The van der Waals surface area contributed by atoms with E-state index in [1.54, 1.807) is 133 Å². The summed E-state index contributed by atoms with van der Waals surface area (Å²) in [6.07, 6.45) is 8.99. The van der Waals surface area contributed by atoms with E-state index in [0.29, 0.717) is 117 Å². The average molecular weight is 1650 g/mol. The van der Waals surface area contributed by atoms with Crippen molar-refractivity contribution in [2.24, 2.45) is 22.1 Å². The monoisotopic (exact) mass is 1650 g/mol. The second-order valence-electron chi connectivity index (χ2n) is 31.9. The standard InChI is InChI=1S/C94H101N13O15/c1-2-105(71-43-39-69(40-44-71)103-104-70-41-45-72(46-42-70)107(120)121)49-50-122-84(109)48-47-83(108)106-57-73(85(110)63-51-65(91(116)99-79-35-19-15-31-75(79)95-87(112)59-23-7-3-8-24-59)55-66(52-63)92(117)100-80-36-20-16-32-76(80)96-88(113)60-25-9-4-10-26-60)74(58-106)86(111)64-53-67(93(118)101-81-37-21-17-33-77(81)97-89(114)61-27-11-5-12-28-61)56-68(54-64)94(119)102-82-38-22-18-34-78(82)98-90(115)62-29-13-6-14-30-62/h3-14,23-30,39-46,51-56,73-82H,2,15-22,31-38,47-50,57-58H2,1H3,(H,95,112)(H,96,113)(H,97,114)(H,98,115)(H,99,116)(H,100,117)(H,101,118)(H,102,119)/t73-,74-,75-,76-,77-,78-,79-,80-,81-,82-/m1/s1. The number of nitrogens with one attached hydrogen (secondary N) is 8. The van der Waals surface area contributed by atoms with Crippen LogP contribution in [0.1, 0.15) is 226 Å². The molecule has 5 fully saturated rings. The predicted octanol–water partition coefficient (Wildman–Crippen LogP) is 12.9. The number of hydrogen-bond acceptors (Lipinski definition) is 18. The number of benzene rings is 8. The van der Waals surface area contributed by atoms with E-state index in [2.05, 4.69) is 52.8 Å². The quantitative estimate of drug-likeness (QED) is 0.00658. The Morgan fingerprint density at radius 2 is 0.639 bits per heavy atom. The minimum Gasteiger partial charge on any atom is -0.464 e. The van der Waals surface area contributed by atoms with E-state index >= 15 is 28.8 Å². The number of carbonyl (C=O) groups is 12. The van der Waals surface area contributed by atoms with E-state index in [9.17, 15) is 38.9 Å². The number of ether oxygens (including phenoxy) is 1. The van der Waals surface area contributed by atoms with Crippen molar-refractivity contribution in [2.75, 3.05) is 37.7 Å². The Balaban J connectivity index is 0.811. The number of likely N-dealkylation sites (tertiary alicyclic amines) is 1. The Hall–Kier alpha value is -13.4. The van der Waals surface area contributed by atoms with Crippen molar-refractivity contribution in [2.45, 2.75) is 171 Å². The molecule has 28 nitrogen and oxygen atoms in total. The summed E-state index contributed by atoms with van der Waals surface area (Å²) in [7, 11) is 0. The molecule has 0 bridgehead atoms. The van der Waals surface area contributed by atoms with E-state index in [1.807, 2.05) is 24.0 Å². The Bertz CT molecular complexity index is 4700. The van der Waals surface area contributed by atoms with Crippen LogP contribution in [0.5, 0.6) is 0 Å². The lowest BCUT2D eigenvalue weighted by Gasteiger charge is -2.33. The number of ketones is 2. The molecule has 13 rings (SSSR count). The summed E-state index contributed by atoms with van der Waals surface area (Å²) >= 11 is 0. The zero-order valence-corrected chi connectivity index (χ0v) is 68.0. The molecule has 28 heteroatoms. The molecule has 1 heterocycles. The number of azo groups is 1. The van der Waals surface area contributed by atoms with E-state index in [1.165, 1.54) is 65.6 Å². The van der Waals surface area contributed by atoms with Gasteiger partial charge in [-0.2, -0.15) is 10.2 Å². The van der Waals surface area contributed by atoms with E-state index in [4.69, 9.17) is 4.74 Å². The number of nitro benzene ring substituents is 1. The van der Waals surface area contributed by atoms with Crippen molar-refractivity contribution in [3.05, 3.63) is 272 Å². The van der Waals surface area contributed by atoms with Crippen molar-refractivity contribution in [1.82, 2.24) is 47.4 Å². The first kappa shape index (κ1) is 86.4. The zero-order valence-electron chi connectivity index (χ0n) is 68.0. The molecule has 4 aliphatic carbocycles. The maximum atomic E-state index is 16.2. The van der Waals surface area contributed by atoms with Gasteiger partial charge in [0, 0.05) is 148 Å². The molecule has 9 amide bonds. The van der Waals surface area contributed by atoms with Crippen LogP contribution in [0.15, 0.2) is 216 Å². The fourth-order valence-corrected chi connectivity index (χ4v) is 17.0. The van der Waals surface area contributed by atoms with Crippen LogP contribution in [0, 0.1) is 22.0 Å². The molecule has 8 aromatic carbocycles. The number of Topliss-reactive ketones (excluding diaryl/α,β-unsaturated/α-hetero) is 2. The first-order chi connectivity index (χ1) is 59.2. The third-order valence-corrected chi connectivity index (χ3v) is 23.7. The second-order valence-corrected chi connectivity index (χ2v) is 31.9. The molecule has 10 atom stereocenters. The summed E-state index contributed by atoms with van der Waals surface area (Å²) in [6, 6.07) is 50.9. The number of nitrogens with zero attached hydrogens (tertiary/aromatic N) is 5. The van der Waals surface area contributed by atoms with Gasteiger partial charge in [-0.05, 0) is 180 Å². The van der Waals surface area contributed by atoms with Gasteiger partial charge in [0.05, 0.1) is 41.1 Å². The number of rotatable bonds is 31. The molecule has 0 aromatic heterocycles. The predicted molar refractivity (Wildman–Crippen MR) is 457 cm³/mol. The van der Waals surface area contributed by atoms with Crippen LogP contribution in [0.3, 0.4) is 0 Å². The lowest BCUT2D eigenvalue weighted by Crippen LogP contribution is -2.53. The number of non-ortho nitro benzene ring substituents is 1. The number of amides is 9. The molecule has 0 unspecified atom stereocenters.